The lowest BCUT2D eigenvalue weighted by atomic mass is 9.71. The molecule has 236 valence electrons. The highest BCUT2D eigenvalue weighted by Gasteiger charge is 2.38. The lowest BCUT2D eigenvalue weighted by molar-refractivity contribution is 0.0755. The molecule has 4 aromatic heterocycles. The lowest BCUT2D eigenvalue weighted by Crippen LogP contribution is -2.47. The minimum Gasteiger partial charge on any atom is -0.383 e. The number of imidazole rings is 1. The van der Waals surface area contributed by atoms with Gasteiger partial charge in [-0.15, -0.1) is 0 Å². The maximum Gasteiger partial charge on any atom is 0.229 e. The van der Waals surface area contributed by atoms with E-state index in [9.17, 15) is 0 Å². The van der Waals surface area contributed by atoms with E-state index in [1.165, 1.54) is 24.7 Å². The summed E-state index contributed by atoms with van der Waals surface area (Å²) in [5.41, 5.74) is 13.3. The fraction of sp³-hybridized carbons (Fsp3) is 0.278. The molecule has 2 saturated heterocycles. The summed E-state index contributed by atoms with van der Waals surface area (Å²) in [7, 11) is 0. The van der Waals surface area contributed by atoms with Crippen molar-refractivity contribution in [2.45, 2.75) is 32.2 Å². The molecule has 0 unspecified atom stereocenters. The van der Waals surface area contributed by atoms with Crippen molar-refractivity contribution in [1.29, 1.82) is 0 Å². The molecule has 0 aliphatic carbocycles. The van der Waals surface area contributed by atoms with Crippen molar-refractivity contribution in [2.75, 3.05) is 36.8 Å². The molecule has 11 heteroatoms. The predicted octanol–water partition coefficient (Wildman–Crippen LogP) is 6.45. The second kappa shape index (κ2) is 12.4. The molecule has 0 radical (unpaired) electrons. The normalized spacial score (nSPS) is 16.6. The van der Waals surface area contributed by atoms with Crippen molar-refractivity contribution in [3.05, 3.63) is 102 Å². The number of rotatable bonds is 6. The van der Waals surface area contributed by atoms with Crippen molar-refractivity contribution in [1.82, 2.24) is 39.4 Å². The first-order valence-electron chi connectivity index (χ1n) is 16.1. The van der Waals surface area contributed by atoms with Gasteiger partial charge in [-0.3, -0.25) is 9.47 Å². The van der Waals surface area contributed by atoms with E-state index in [2.05, 4.69) is 70.7 Å². The summed E-state index contributed by atoms with van der Waals surface area (Å²) in [6.07, 6.45) is 7.92. The molecule has 6 heterocycles. The Kier molecular flexibility index (Phi) is 7.74. The molecule has 6 aromatic rings. The zero-order chi connectivity index (χ0) is 31.8. The van der Waals surface area contributed by atoms with E-state index in [4.69, 9.17) is 27.3 Å². The quantitative estimate of drug-likeness (QED) is 0.219. The van der Waals surface area contributed by atoms with E-state index in [0.717, 1.165) is 85.1 Å². The maximum atomic E-state index is 6.36. The number of anilines is 2. The Balaban J connectivity index is 1.00. The van der Waals surface area contributed by atoms with Crippen molar-refractivity contribution < 1.29 is 0 Å². The molecule has 2 aliphatic rings. The Hall–Kier alpha value is -4.93. The van der Waals surface area contributed by atoms with Crippen LogP contribution in [0.2, 0.25) is 5.28 Å². The van der Waals surface area contributed by atoms with E-state index < -0.39 is 0 Å². The predicted molar refractivity (Wildman–Crippen MR) is 185 cm³/mol. The van der Waals surface area contributed by atoms with Crippen LogP contribution in [0.3, 0.4) is 0 Å². The summed E-state index contributed by atoms with van der Waals surface area (Å²) < 4.78 is 2.10. The molecule has 0 saturated carbocycles. The Labute approximate surface area is 278 Å². The maximum absolute atomic E-state index is 6.36. The molecule has 47 heavy (non-hydrogen) atoms. The zero-order valence-corrected chi connectivity index (χ0v) is 26.8. The van der Waals surface area contributed by atoms with E-state index in [1.54, 1.807) is 6.20 Å². The lowest BCUT2D eigenvalue weighted by Gasteiger charge is -2.47. The second-order valence-corrected chi connectivity index (χ2v) is 12.9. The molecule has 0 atom stereocenters. The number of nitrogens with zero attached hydrogens (tertiary/aromatic N) is 9. The van der Waals surface area contributed by atoms with Crippen LogP contribution in [0.4, 0.5) is 11.8 Å². The summed E-state index contributed by atoms with van der Waals surface area (Å²) >= 11 is 6.00. The molecular formula is C36H35ClN10. The fourth-order valence-electron chi connectivity index (χ4n) is 7.05. The molecule has 1 spiro atoms. The first kappa shape index (κ1) is 29.5. The van der Waals surface area contributed by atoms with Crippen molar-refractivity contribution in [2.24, 2.45) is 5.41 Å². The number of fused-ring (bicyclic) bond motifs is 1. The van der Waals surface area contributed by atoms with Gasteiger partial charge >= 0.3 is 0 Å². The zero-order valence-electron chi connectivity index (χ0n) is 26.0. The minimum absolute atomic E-state index is 0.252. The van der Waals surface area contributed by atoms with E-state index in [1.807, 2.05) is 42.5 Å². The van der Waals surface area contributed by atoms with Crippen LogP contribution >= 0.6 is 11.6 Å². The first-order valence-corrected chi connectivity index (χ1v) is 16.5. The Bertz CT molecular complexity index is 2010. The Morgan fingerprint density at radius 1 is 0.745 bits per heavy atom. The van der Waals surface area contributed by atoms with Gasteiger partial charge in [0.25, 0.3) is 0 Å². The van der Waals surface area contributed by atoms with Gasteiger partial charge in [-0.2, -0.15) is 4.98 Å². The number of nitrogens with two attached hydrogens (primary N) is 1. The average molecular weight is 643 g/mol. The highest BCUT2D eigenvalue weighted by atomic mass is 35.5. The van der Waals surface area contributed by atoms with Gasteiger partial charge in [0.2, 0.25) is 11.2 Å². The monoisotopic (exact) mass is 642 g/mol. The summed E-state index contributed by atoms with van der Waals surface area (Å²) in [6, 6.07) is 26.9. The number of pyridine rings is 2. The third kappa shape index (κ3) is 5.90. The van der Waals surface area contributed by atoms with Gasteiger partial charge in [0, 0.05) is 37.1 Å². The number of benzene rings is 2. The highest BCUT2D eigenvalue weighted by molar-refractivity contribution is 6.28. The first-order chi connectivity index (χ1) is 23.0. The molecule has 2 aromatic carbocycles. The number of hydrogen-bond donors (Lipinski definition) is 1. The molecule has 2 aliphatic heterocycles. The van der Waals surface area contributed by atoms with Gasteiger partial charge in [0.1, 0.15) is 17.7 Å². The van der Waals surface area contributed by atoms with Crippen molar-refractivity contribution in [3.8, 4) is 28.3 Å². The SMILES string of the molecule is Nc1ncccc1-c1nc2ccc(-c3ccccc3)nc2n1-c1ccc(CN2CCC3(CC2)CCN(c2ncnc(Cl)n2)CC3)cc1. The fourth-order valence-corrected chi connectivity index (χ4v) is 7.17. The number of piperidine rings is 2. The summed E-state index contributed by atoms with van der Waals surface area (Å²) in [6.45, 7) is 5.04. The topological polar surface area (TPSA) is 115 Å². The number of halogens is 1. The molecule has 0 amide bonds. The van der Waals surface area contributed by atoms with Gasteiger partial charge < -0.3 is 10.6 Å². The third-order valence-electron chi connectivity index (χ3n) is 9.81. The van der Waals surface area contributed by atoms with Gasteiger partial charge in [-0.05, 0) is 97.8 Å². The van der Waals surface area contributed by atoms with Gasteiger partial charge in [0.15, 0.2) is 11.5 Å². The van der Waals surface area contributed by atoms with Crippen LogP contribution in [0.5, 0.6) is 0 Å². The second-order valence-electron chi connectivity index (χ2n) is 12.6. The largest absolute Gasteiger partial charge is 0.383 e. The average Bonchev–Trinajstić information content (AvgIpc) is 3.49. The Morgan fingerprint density at radius 3 is 2.26 bits per heavy atom. The smallest absolute Gasteiger partial charge is 0.229 e. The number of nitrogen functional groups attached to an aromatic ring is 1. The third-order valence-corrected chi connectivity index (χ3v) is 9.99. The van der Waals surface area contributed by atoms with Crippen LogP contribution in [-0.2, 0) is 6.54 Å². The van der Waals surface area contributed by atoms with E-state index >= 15 is 0 Å². The molecule has 2 fully saturated rings. The number of aromatic nitrogens is 7. The van der Waals surface area contributed by atoms with Gasteiger partial charge in [0.05, 0.1) is 11.3 Å². The number of likely N-dealkylation sites (tertiary alicyclic amines) is 1. The van der Waals surface area contributed by atoms with Gasteiger partial charge in [-0.1, -0.05) is 42.5 Å². The molecule has 10 nitrogen and oxygen atoms in total. The van der Waals surface area contributed by atoms with E-state index in [-0.39, 0.29) is 5.28 Å². The van der Waals surface area contributed by atoms with Gasteiger partial charge in [-0.25, -0.2) is 24.9 Å². The summed E-state index contributed by atoms with van der Waals surface area (Å²) in [4.78, 5) is 31.8. The van der Waals surface area contributed by atoms with E-state index in [0.29, 0.717) is 17.2 Å². The number of hydrogen-bond acceptors (Lipinski definition) is 9. The van der Waals surface area contributed by atoms with Crippen LogP contribution < -0.4 is 10.6 Å². The molecule has 2 N–H and O–H groups in total. The molecule has 8 rings (SSSR count). The standard InChI is InChI=1S/C36H35ClN10/c37-34-40-24-41-35(44-34)46-21-16-36(17-22-46)14-19-45(20-15-36)23-25-8-10-27(11-9-25)47-32(28-7-4-18-39-31(28)38)43-30-13-12-29(42-33(30)47)26-5-2-1-3-6-26/h1-13,18,24H,14-17,19-23H2,(H2,38,39). The summed E-state index contributed by atoms with van der Waals surface area (Å²) in [5, 5.41) is 0.252. The van der Waals surface area contributed by atoms with Crippen molar-refractivity contribution >= 4 is 34.5 Å². The molecular weight excluding hydrogens is 608 g/mol. The molecule has 0 bridgehead atoms. The minimum atomic E-state index is 0.252. The Morgan fingerprint density at radius 2 is 1.51 bits per heavy atom. The van der Waals surface area contributed by atoms with Crippen LogP contribution in [0.15, 0.2) is 91.4 Å². The van der Waals surface area contributed by atoms with Crippen LogP contribution in [0.1, 0.15) is 31.2 Å². The van der Waals surface area contributed by atoms with Crippen LogP contribution in [0.25, 0.3) is 39.5 Å². The van der Waals surface area contributed by atoms with Crippen molar-refractivity contribution in [3.63, 3.8) is 0 Å². The highest BCUT2D eigenvalue weighted by Crippen LogP contribution is 2.42. The van der Waals surface area contributed by atoms with Crippen LogP contribution in [-0.4, -0.2) is 65.5 Å². The van der Waals surface area contributed by atoms with Crippen LogP contribution in [0, 0.1) is 5.41 Å². The summed E-state index contributed by atoms with van der Waals surface area (Å²) in [5.74, 6) is 1.85.